The number of hydrogen-bond acceptors (Lipinski definition) is 3. The zero-order chi connectivity index (χ0) is 9.10. The molecule has 1 heterocycles. The topological polar surface area (TPSA) is 30.5 Å². The standard InChI is InChI=1S/C10H13NO2/c1-11-9-5-3-2-4-8(9)10-12-6-7-13-10/h2-5,10-11H,6-7H2,1H3. The number of nitrogens with one attached hydrogen (secondary N) is 1. The maximum Gasteiger partial charge on any atom is 0.186 e. The van der Waals surface area contributed by atoms with Crippen molar-refractivity contribution in [3.63, 3.8) is 0 Å². The highest BCUT2D eigenvalue weighted by Gasteiger charge is 2.20. The molecule has 3 nitrogen and oxygen atoms in total. The second-order valence-corrected chi connectivity index (χ2v) is 2.91. The van der Waals surface area contributed by atoms with Crippen LogP contribution < -0.4 is 5.32 Å². The molecule has 0 amide bonds. The Kier molecular flexibility index (Phi) is 2.47. The Morgan fingerprint density at radius 3 is 2.62 bits per heavy atom. The van der Waals surface area contributed by atoms with Crippen molar-refractivity contribution in [1.82, 2.24) is 0 Å². The maximum absolute atomic E-state index is 5.42. The van der Waals surface area contributed by atoms with Gasteiger partial charge in [0.2, 0.25) is 0 Å². The van der Waals surface area contributed by atoms with Gasteiger partial charge in [-0.15, -0.1) is 0 Å². The van der Waals surface area contributed by atoms with Gasteiger partial charge in [0.25, 0.3) is 0 Å². The predicted molar refractivity (Wildman–Crippen MR) is 50.6 cm³/mol. The first-order valence-electron chi connectivity index (χ1n) is 4.41. The fourth-order valence-electron chi connectivity index (χ4n) is 1.47. The molecule has 0 unspecified atom stereocenters. The molecule has 1 aromatic rings. The predicted octanol–water partition coefficient (Wildman–Crippen LogP) is 1.77. The van der Waals surface area contributed by atoms with Gasteiger partial charge in [0.05, 0.1) is 13.2 Å². The van der Waals surface area contributed by atoms with Crippen LogP contribution >= 0.6 is 0 Å². The van der Waals surface area contributed by atoms with Crippen LogP contribution in [-0.2, 0) is 9.47 Å². The van der Waals surface area contributed by atoms with Gasteiger partial charge in [-0.2, -0.15) is 0 Å². The lowest BCUT2D eigenvalue weighted by atomic mass is 10.1. The molecular weight excluding hydrogens is 166 g/mol. The average molecular weight is 179 g/mol. The molecule has 3 heteroatoms. The minimum absolute atomic E-state index is 0.191. The van der Waals surface area contributed by atoms with Gasteiger partial charge in [0.1, 0.15) is 0 Å². The number of rotatable bonds is 2. The summed E-state index contributed by atoms with van der Waals surface area (Å²) in [4.78, 5) is 0. The molecule has 1 N–H and O–H groups in total. The molecule has 0 radical (unpaired) electrons. The van der Waals surface area contributed by atoms with Gasteiger partial charge in [-0.3, -0.25) is 0 Å². The van der Waals surface area contributed by atoms with Crippen LogP contribution in [-0.4, -0.2) is 20.3 Å². The summed E-state index contributed by atoms with van der Waals surface area (Å²) in [6.45, 7) is 1.37. The normalized spacial score (nSPS) is 17.6. The molecule has 1 saturated heterocycles. The van der Waals surface area contributed by atoms with Gasteiger partial charge in [-0.25, -0.2) is 0 Å². The Morgan fingerprint density at radius 1 is 1.23 bits per heavy atom. The monoisotopic (exact) mass is 179 g/mol. The van der Waals surface area contributed by atoms with Crippen molar-refractivity contribution < 1.29 is 9.47 Å². The molecular formula is C10H13NO2. The van der Waals surface area contributed by atoms with Crippen molar-refractivity contribution in [2.45, 2.75) is 6.29 Å². The van der Waals surface area contributed by atoms with Crippen LogP contribution in [0.3, 0.4) is 0 Å². The SMILES string of the molecule is CNc1ccccc1C1OCCO1. The van der Waals surface area contributed by atoms with E-state index in [-0.39, 0.29) is 6.29 Å². The van der Waals surface area contributed by atoms with Crippen molar-refractivity contribution in [3.05, 3.63) is 29.8 Å². The summed E-state index contributed by atoms with van der Waals surface area (Å²) >= 11 is 0. The lowest BCUT2D eigenvalue weighted by molar-refractivity contribution is -0.0435. The second-order valence-electron chi connectivity index (χ2n) is 2.91. The first kappa shape index (κ1) is 8.53. The third-order valence-corrected chi connectivity index (χ3v) is 2.11. The highest BCUT2D eigenvalue weighted by molar-refractivity contribution is 5.51. The molecule has 0 aliphatic carbocycles. The van der Waals surface area contributed by atoms with E-state index >= 15 is 0 Å². The first-order chi connectivity index (χ1) is 6.42. The van der Waals surface area contributed by atoms with Crippen LogP contribution in [0.25, 0.3) is 0 Å². The lowest BCUT2D eigenvalue weighted by Gasteiger charge is -2.13. The number of benzene rings is 1. The van der Waals surface area contributed by atoms with E-state index in [4.69, 9.17) is 9.47 Å². The molecule has 13 heavy (non-hydrogen) atoms. The van der Waals surface area contributed by atoms with Gasteiger partial charge in [0, 0.05) is 18.3 Å². The maximum atomic E-state index is 5.42. The third kappa shape index (κ3) is 1.66. The fraction of sp³-hybridized carbons (Fsp3) is 0.400. The molecule has 0 spiro atoms. The van der Waals surface area contributed by atoms with Crippen LogP contribution in [0, 0.1) is 0 Å². The van der Waals surface area contributed by atoms with E-state index in [1.165, 1.54) is 0 Å². The van der Waals surface area contributed by atoms with E-state index in [1.54, 1.807) is 0 Å². The van der Waals surface area contributed by atoms with E-state index in [1.807, 2.05) is 31.3 Å². The Bertz CT molecular complexity index is 282. The molecule has 1 aromatic carbocycles. The third-order valence-electron chi connectivity index (χ3n) is 2.11. The zero-order valence-electron chi connectivity index (χ0n) is 7.62. The van der Waals surface area contributed by atoms with Crippen LogP contribution in [0.5, 0.6) is 0 Å². The Morgan fingerprint density at radius 2 is 1.92 bits per heavy atom. The van der Waals surface area contributed by atoms with Crippen molar-refractivity contribution in [3.8, 4) is 0 Å². The van der Waals surface area contributed by atoms with E-state index in [9.17, 15) is 0 Å². The highest BCUT2D eigenvalue weighted by Crippen LogP contribution is 2.28. The van der Waals surface area contributed by atoms with E-state index < -0.39 is 0 Å². The van der Waals surface area contributed by atoms with Crippen molar-refractivity contribution in [2.24, 2.45) is 0 Å². The molecule has 0 aromatic heterocycles. The summed E-state index contributed by atoms with van der Waals surface area (Å²) in [5.41, 5.74) is 2.14. The number of hydrogen-bond donors (Lipinski definition) is 1. The number of ether oxygens (including phenoxy) is 2. The lowest BCUT2D eigenvalue weighted by Crippen LogP contribution is -2.02. The Hall–Kier alpha value is -1.06. The summed E-state index contributed by atoms with van der Waals surface area (Å²) in [5.74, 6) is 0. The Balaban J connectivity index is 2.26. The average Bonchev–Trinajstić information content (AvgIpc) is 2.70. The minimum atomic E-state index is -0.191. The van der Waals surface area contributed by atoms with Crippen molar-refractivity contribution in [2.75, 3.05) is 25.6 Å². The summed E-state index contributed by atoms with van der Waals surface area (Å²) in [5, 5.41) is 3.11. The van der Waals surface area contributed by atoms with Crippen LogP contribution in [0.2, 0.25) is 0 Å². The quantitative estimate of drug-likeness (QED) is 0.750. The molecule has 2 rings (SSSR count). The summed E-state index contributed by atoms with van der Waals surface area (Å²) in [6, 6.07) is 8.01. The molecule has 0 saturated carbocycles. The first-order valence-corrected chi connectivity index (χ1v) is 4.41. The van der Waals surface area contributed by atoms with Gasteiger partial charge in [-0.05, 0) is 6.07 Å². The molecule has 1 fully saturated rings. The fourth-order valence-corrected chi connectivity index (χ4v) is 1.47. The van der Waals surface area contributed by atoms with E-state index in [2.05, 4.69) is 5.32 Å². The van der Waals surface area contributed by atoms with Crippen LogP contribution in [0.1, 0.15) is 11.9 Å². The van der Waals surface area contributed by atoms with Gasteiger partial charge < -0.3 is 14.8 Å². The molecule has 0 bridgehead atoms. The summed E-state index contributed by atoms with van der Waals surface area (Å²) in [6.07, 6.45) is -0.191. The second kappa shape index (κ2) is 3.77. The molecule has 1 aliphatic heterocycles. The zero-order valence-corrected chi connectivity index (χ0v) is 7.62. The van der Waals surface area contributed by atoms with E-state index in [0.717, 1.165) is 11.3 Å². The van der Waals surface area contributed by atoms with Crippen LogP contribution in [0.15, 0.2) is 24.3 Å². The molecule has 1 aliphatic rings. The smallest absolute Gasteiger partial charge is 0.186 e. The summed E-state index contributed by atoms with van der Waals surface area (Å²) in [7, 11) is 1.90. The van der Waals surface area contributed by atoms with Gasteiger partial charge in [0.15, 0.2) is 6.29 Å². The van der Waals surface area contributed by atoms with Gasteiger partial charge in [-0.1, -0.05) is 18.2 Å². The van der Waals surface area contributed by atoms with Crippen molar-refractivity contribution >= 4 is 5.69 Å². The van der Waals surface area contributed by atoms with E-state index in [0.29, 0.717) is 13.2 Å². The van der Waals surface area contributed by atoms with Gasteiger partial charge >= 0.3 is 0 Å². The number of anilines is 1. The highest BCUT2D eigenvalue weighted by atomic mass is 16.7. The Labute approximate surface area is 77.7 Å². The molecule has 70 valence electrons. The number of para-hydroxylation sites is 1. The summed E-state index contributed by atoms with van der Waals surface area (Å²) < 4.78 is 10.8. The van der Waals surface area contributed by atoms with Crippen molar-refractivity contribution in [1.29, 1.82) is 0 Å². The largest absolute Gasteiger partial charge is 0.388 e. The minimum Gasteiger partial charge on any atom is -0.388 e. The molecule has 0 atom stereocenters. The van der Waals surface area contributed by atoms with Crippen LogP contribution in [0.4, 0.5) is 5.69 Å².